The van der Waals surface area contributed by atoms with Crippen LogP contribution in [0, 0.1) is 0 Å². The van der Waals surface area contributed by atoms with Crippen LogP contribution in [-0.4, -0.2) is 11.1 Å². The van der Waals surface area contributed by atoms with E-state index in [9.17, 15) is 4.79 Å². The molecule has 84 valence electrons. The lowest BCUT2D eigenvalue weighted by molar-refractivity contribution is 0.232. The van der Waals surface area contributed by atoms with Crippen molar-refractivity contribution in [2.45, 2.75) is 20.0 Å². The van der Waals surface area contributed by atoms with Crippen LogP contribution in [0.2, 0.25) is 5.02 Å². The highest BCUT2D eigenvalue weighted by Crippen LogP contribution is 2.23. The lowest BCUT2D eigenvalue weighted by atomic mass is 10.2. The van der Waals surface area contributed by atoms with Crippen LogP contribution in [0.1, 0.15) is 13.8 Å². The monoisotopic (exact) mass is 237 g/mol. The number of aromatic nitrogens is 1. The zero-order chi connectivity index (χ0) is 11.7. The van der Waals surface area contributed by atoms with Gasteiger partial charge < -0.3 is 4.74 Å². The summed E-state index contributed by atoms with van der Waals surface area (Å²) >= 11 is 6.03. The second-order valence-corrected chi connectivity index (χ2v) is 4.24. The summed E-state index contributed by atoms with van der Waals surface area (Å²) in [6.07, 6.45) is 0.00980. The average molecular weight is 238 g/mol. The first-order valence-electron chi connectivity index (χ1n) is 5.06. The lowest BCUT2D eigenvalue weighted by Crippen LogP contribution is -2.12. The van der Waals surface area contributed by atoms with E-state index in [-0.39, 0.29) is 11.7 Å². The van der Waals surface area contributed by atoms with Gasteiger partial charge in [0.1, 0.15) is 0 Å². The van der Waals surface area contributed by atoms with E-state index in [1.54, 1.807) is 24.3 Å². The van der Waals surface area contributed by atoms with Gasteiger partial charge in [-0.3, -0.25) is 9.78 Å². The molecule has 0 saturated carbocycles. The van der Waals surface area contributed by atoms with Gasteiger partial charge in [0.25, 0.3) is 5.56 Å². The van der Waals surface area contributed by atoms with Crippen LogP contribution >= 0.6 is 11.6 Å². The highest BCUT2D eigenvalue weighted by atomic mass is 35.5. The molecular weight excluding hydrogens is 226 g/mol. The quantitative estimate of drug-likeness (QED) is 0.873. The molecule has 2 aromatic rings. The maximum Gasteiger partial charge on any atom is 0.258 e. The second kappa shape index (κ2) is 4.18. The molecule has 0 bridgehead atoms. The van der Waals surface area contributed by atoms with Crippen molar-refractivity contribution >= 4 is 22.4 Å². The molecule has 1 aromatic heterocycles. The molecular formula is C12H12ClNO2. The van der Waals surface area contributed by atoms with Gasteiger partial charge in [0.05, 0.1) is 6.10 Å². The summed E-state index contributed by atoms with van der Waals surface area (Å²) in [5.74, 6) is 0.445. The first kappa shape index (κ1) is 11.0. The fourth-order valence-electron chi connectivity index (χ4n) is 1.55. The summed E-state index contributed by atoms with van der Waals surface area (Å²) in [6.45, 7) is 3.80. The first-order valence-corrected chi connectivity index (χ1v) is 5.44. The summed E-state index contributed by atoms with van der Waals surface area (Å²) in [6, 6.07) is 6.99. The van der Waals surface area contributed by atoms with Gasteiger partial charge in [-0.2, -0.15) is 0 Å². The summed E-state index contributed by atoms with van der Waals surface area (Å²) in [5.41, 5.74) is -0.185. The number of rotatable bonds is 2. The van der Waals surface area contributed by atoms with Gasteiger partial charge >= 0.3 is 0 Å². The van der Waals surface area contributed by atoms with Crippen LogP contribution in [0.3, 0.4) is 0 Å². The molecule has 4 heteroatoms. The maximum absolute atomic E-state index is 11.7. The van der Waals surface area contributed by atoms with E-state index in [2.05, 4.69) is 4.98 Å². The summed E-state index contributed by atoms with van der Waals surface area (Å²) < 4.78 is 5.44. The number of pyridine rings is 1. The average Bonchev–Trinajstić information content (AvgIpc) is 2.19. The minimum Gasteiger partial charge on any atom is -0.476 e. The number of nitrogens with one attached hydrogen (secondary N) is 1. The van der Waals surface area contributed by atoms with Gasteiger partial charge in [0.2, 0.25) is 0 Å². The van der Waals surface area contributed by atoms with E-state index in [1.807, 2.05) is 13.8 Å². The molecule has 1 heterocycles. The van der Waals surface area contributed by atoms with Gasteiger partial charge in [-0.25, -0.2) is 0 Å². The van der Waals surface area contributed by atoms with Crippen LogP contribution in [0.5, 0.6) is 5.88 Å². The van der Waals surface area contributed by atoms with Crippen molar-refractivity contribution in [1.29, 1.82) is 0 Å². The normalized spacial score (nSPS) is 11.0. The van der Waals surface area contributed by atoms with Crippen LogP contribution in [-0.2, 0) is 0 Å². The zero-order valence-corrected chi connectivity index (χ0v) is 9.84. The van der Waals surface area contributed by atoms with E-state index < -0.39 is 0 Å². The second-order valence-electron chi connectivity index (χ2n) is 3.83. The van der Waals surface area contributed by atoms with Crippen molar-refractivity contribution in [3.8, 4) is 5.88 Å². The molecule has 1 aromatic carbocycles. The fourth-order valence-corrected chi connectivity index (χ4v) is 1.77. The molecule has 0 aliphatic rings. The Kier molecular flexibility index (Phi) is 2.88. The molecule has 16 heavy (non-hydrogen) atoms. The number of hydrogen-bond acceptors (Lipinski definition) is 2. The molecule has 2 rings (SSSR count). The molecule has 0 atom stereocenters. The van der Waals surface area contributed by atoms with E-state index in [0.717, 1.165) is 0 Å². The third-order valence-electron chi connectivity index (χ3n) is 2.17. The fraction of sp³-hybridized carbons (Fsp3) is 0.250. The van der Waals surface area contributed by atoms with Crippen molar-refractivity contribution in [2.75, 3.05) is 0 Å². The van der Waals surface area contributed by atoms with Gasteiger partial charge in [-0.1, -0.05) is 17.7 Å². The Balaban J connectivity index is 2.66. The summed E-state index contributed by atoms with van der Waals surface area (Å²) in [7, 11) is 0. The molecule has 0 saturated heterocycles. The molecule has 0 amide bonds. The number of hydrogen-bond donors (Lipinski definition) is 1. The Morgan fingerprint density at radius 2 is 2.06 bits per heavy atom. The Morgan fingerprint density at radius 1 is 1.31 bits per heavy atom. The largest absolute Gasteiger partial charge is 0.476 e. The predicted molar refractivity (Wildman–Crippen MR) is 65.3 cm³/mol. The van der Waals surface area contributed by atoms with Crippen LogP contribution in [0.25, 0.3) is 10.8 Å². The number of benzene rings is 1. The van der Waals surface area contributed by atoms with Crippen molar-refractivity contribution in [1.82, 2.24) is 4.98 Å². The molecule has 0 aliphatic carbocycles. The zero-order valence-electron chi connectivity index (χ0n) is 9.08. The number of fused-ring (bicyclic) bond motifs is 1. The third-order valence-corrected chi connectivity index (χ3v) is 2.50. The highest BCUT2D eigenvalue weighted by Gasteiger charge is 2.06. The lowest BCUT2D eigenvalue weighted by Gasteiger charge is -2.10. The van der Waals surface area contributed by atoms with Gasteiger partial charge in [0, 0.05) is 21.9 Å². The van der Waals surface area contributed by atoms with Crippen molar-refractivity contribution in [3.63, 3.8) is 0 Å². The first-order chi connectivity index (χ1) is 7.58. The van der Waals surface area contributed by atoms with Crippen molar-refractivity contribution in [3.05, 3.63) is 39.6 Å². The Labute approximate surface area is 98.0 Å². The number of aromatic amines is 1. The van der Waals surface area contributed by atoms with E-state index in [1.165, 1.54) is 0 Å². The Hall–Kier alpha value is -1.48. The number of ether oxygens (including phenoxy) is 1. The molecule has 3 nitrogen and oxygen atoms in total. The molecule has 0 radical (unpaired) electrons. The summed E-state index contributed by atoms with van der Waals surface area (Å²) in [5, 5.41) is 1.84. The number of H-pyrrole nitrogens is 1. The minimum atomic E-state index is -0.185. The third kappa shape index (κ3) is 2.04. The van der Waals surface area contributed by atoms with Crippen LogP contribution in [0.15, 0.2) is 29.1 Å². The van der Waals surface area contributed by atoms with Gasteiger partial charge in [0.15, 0.2) is 5.88 Å². The summed E-state index contributed by atoms with van der Waals surface area (Å²) in [4.78, 5) is 14.4. The highest BCUT2D eigenvalue weighted by molar-refractivity contribution is 6.35. The van der Waals surface area contributed by atoms with Crippen LogP contribution in [0.4, 0.5) is 0 Å². The van der Waals surface area contributed by atoms with Crippen molar-refractivity contribution in [2.24, 2.45) is 0 Å². The standard InChI is InChI=1S/C12H12ClNO2/c1-7(2)16-11-6-9-8(12(15)14-11)4-3-5-10(9)13/h3-7H,1-2H3,(H,14,15). The molecule has 1 N–H and O–H groups in total. The topological polar surface area (TPSA) is 42.1 Å². The Morgan fingerprint density at radius 3 is 2.75 bits per heavy atom. The van der Waals surface area contributed by atoms with Crippen molar-refractivity contribution < 1.29 is 4.74 Å². The van der Waals surface area contributed by atoms with Gasteiger partial charge in [-0.05, 0) is 26.0 Å². The smallest absolute Gasteiger partial charge is 0.258 e. The predicted octanol–water partition coefficient (Wildman–Crippen LogP) is 2.97. The SMILES string of the molecule is CC(C)Oc1cc2c(Cl)cccc2c(=O)[nH]1. The number of halogens is 1. The van der Waals surface area contributed by atoms with Gasteiger partial charge in [-0.15, -0.1) is 0 Å². The molecule has 0 aliphatic heterocycles. The maximum atomic E-state index is 11.7. The minimum absolute atomic E-state index is 0.00980. The Bertz CT molecular complexity index is 575. The van der Waals surface area contributed by atoms with E-state index >= 15 is 0 Å². The molecule has 0 unspecified atom stereocenters. The van der Waals surface area contributed by atoms with E-state index in [0.29, 0.717) is 21.7 Å². The molecule has 0 spiro atoms. The van der Waals surface area contributed by atoms with E-state index in [4.69, 9.17) is 16.3 Å². The van der Waals surface area contributed by atoms with Crippen LogP contribution < -0.4 is 10.3 Å². The molecule has 0 fully saturated rings.